The second-order valence-corrected chi connectivity index (χ2v) is 5.02. The van der Waals surface area contributed by atoms with Crippen LogP contribution in [0.3, 0.4) is 0 Å². The molecule has 15 heavy (non-hydrogen) atoms. The Balaban J connectivity index is 2.04. The van der Waals surface area contributed by atoms with Gasteiger partial charge in [-0.25, -0.2) is 4.79 Å². The lowest BCUT2D eigenvalue weighted by atomic mass is 9.88. The van der Waals surface area contributed by atoms with E-state index in [9.17, 15) is 4.79 Å². The summed E-state index contributed by atoms with van der Waals surface area (Å²) in [5.74, 6) is 0.555. The largest absolute Gasteiger partial charge is 0.456 e. The molecule has 0 aromatic carbocycles. The molecular formula is C13H20O2. The van der Waals surface area contributed by atoms with E-state index < -0.39 is 0 Å². The molecule has 0 saturated heterocycles. The molecule has 2 fully saturated rings. The van der Waals surface area contributed by atoms with Gasteiger partial charge in [0.25, 0.3) is 0 Å². The first-order valence-electron chi connectivity index (χ1n) is 6.09. The van der Waals surface area contributed by atoms with Crippen molar-refractivity contribution in [2.24, 2.45) is 5.92 Å². The predicted octanol–water partition coefficient (Wildman–Crippen LogP) is 3.22. The third-order valence-corrected chi connectivity index (χ3v) is 3.90. The monoisotopic (exact) mass is 208 g/mol. The van der Waals surface area contributed by atoms with E-state index in [-0.39, 0.29) is 11.6 Å². The van der Waals surface area contributed by atoms with Crippen LogP contribution in [0.15, 0.2) is 12.7 Å². The highest BCUT2D eigenvalue weighted by Crippen LogP contribution is 2.44. The van der Waals surface area contributed by atoms with E-state index in [0.29, 0.717) is 0 Å². The third kappa shape index (κ3) is 2.42. The number of hydrogen-bond acceptors (Lipinski definition) is 2. The summed E-state index contributed by atoms with van der Waals surface area (Å²) in [5.41, 5.74) is -0.129. The summed E-state index contributed by atoms with van der Waals surface area (Å²) in [6.07, 6.45) is 10.9. The van der Waals surface area contributed by atoms with Crippen LogP contribution in [-0.4, -0.2) is 11.6 Å². The van der Waals surface area contributed by atoms with Crippen molar-refractivity contribution >= 4 is 5.97 Å². The Bertz CT molecular complexity index is 259. The van der Waals surface area contributed by atoms with Gasteiger partial charge in [0.1, 0.15) is 5.60 Å². The summed E-state index contributed by atoms with van der Waals surface area (Å²) in [4.78, 5) is 11.3. The van der Waals surface area contributed by atoms with Crippen molar-refractivity contribution in [1.29, 1.82) is 0 Å². The number of carbonyl (C=O) groups excluding carboxylic acids is 1. The van der Waals surface area contributed by atoms with Crippen LogP contribution in [0.4, 0.5) is 0 Å². The van der Waals surface area contributed by atoms with E-state index in [1.807, 2.05) is 0 Å². The Labute approximate surface area is 91.7 Å². The zero-order valence-electron chi connectivity index (χ0n) is 9.34. The molecule has 2 nitrogen and oxygen atoms in total. The van der Waals surface area contributed by atoms with E-state index >= 15 is 0 Å². The summed E-state index contributed by atoms with van der Waals surface area (Å²) in [6.45, 7) is 3.47. The van der Waals surface area contributed by atoms with Crippen LogP contribution in [0, 0.1) is 5.92 Å². The van der Waals surface area contributed by atoms with Gasteiger partial charge in [0.2, 0.25) is 0 Å². The Kier molecular flexibility index (Phi) is 3.13. The summed E-state index contributed by atoms with van der Waals surface area (Å²) >= 11 is 0. The molecule has 0 heterocycles. The molecule has 0 N–H and O–H groups in total. The zero-order valence-corrected chi connectivity index (χ0v) is 9.34. The van der Waals surface area contributed by atoms with Gasteiger partial charge in [-0.2, -0.15) is 0 Å². The summed E-state index contributed by atoms with van der Waals surface area (Å²) < 4.78 is 5.60. The molecule has 0 spiro atoms. The number of carbonyl (C=O) groups is 1. The maximum atomic E-state index is 11.3. The summed E-state index contributed by atoms with van der Waals surface area (Å²) in [7, 11) is 0. The molecule has 2 heteroatoms. The number of ether oxygens (including phenoxy) is 1. The highest BCUT2D eigenvalue weighted by Gasteiger charge is 2.42. The molecular weight excluding hydrogens is 188 g/mol. The van der Waals surface area contributed by atoms with Crippen LogP contribution >= 0.6 is 0 Å². The minimum Gasteiger partial charge on any atom is -0.456 e. The van der Waals surface area contributed by atoms with E-state index in [4.69, 9.17) is 4.74 Å². The highest BCUT2D eigenvalue weighted by atomic mass is 16.6. The molecule has 2 atom stereocenters. The molecule has 2 unspecified atom stereocenters. The van der Waals surface area contributed by atoms with Crippen molar-refractivity contribution in [3.8, 4) is 0 Å². The SMILES string of the molecule is C=CC(=O)OC12CCCCCC(CC1)C2. The molecule has 0 aliphatic heterocycles. The van der Waals surface area contributed by atoms with Gasteiger partial charge >= 0.3 is 5.97 Å². The van der Waals surface area contributed by atoms with Crippen molar-refractivity contribution in [3.05, 3.63) is 12.7 Å². The highest BCUT2D eigenvalue weighted by molar-refractivity contribution is 5.81. The van der Waals surface area contributed by atoms with Crippen LogP contribution in [0.1, 0.15) is 51.4 Å². The van der Waals surface area contributed by atoms with Crippen LogP contribution in [0.25, 0.3) is 0 Å². The Hall–Kier alpha value is -0.790. The van der Waals surface area contributed by atoms with Gasteiger partial charge in [-0.05, 0) is 38.0 Å². The van der Waals surface area contributed by atoms with Gasteiger partial charge < -0.3 is 4.74 Å². The maximum absolute atomic E-state index is 11.3. The van der Waals surface area contributed by atoms with Gasteiger partial charge in [0, 0.05) is 6.08 Å². The normalized spacial score (nSPS) is 35.3. The average molecular weight is 208 g/mol. The Morgan fingerprint density at radius 3 is 2.93 bits per heavy atom. The lowest BCUT2D eigenvalue weighted by molar-refractivity contribution is -0.154. The fraction of sp³-hybridized carbons (Fsp3) is 0.769. The molecule has 2 rings (SSSR count). The van der Waals surface area contributed by atoms with Gasteiger partial charge in [0.05, 0.1) is 0 Å². The first-order valence-corrected chi connectivity index (χ1v) is 6.09. The lowest BCUT2D eigenvalue weighted by Crippen LogP contribution is -2.32. The third-order valence-electron chi connectivity index (χ3n) is 3.90. The number of hydrogen-bond donors (Lipinski definition) is 0. The lowest BCUT2D eigenvalue weighted by Gasteiger charge is -2.30. The molecule has 0 aromatic rings. The first kappa shape index (κ1) is 10.7. The van der Waals surface area contributed by atoms with Crippen molar-refractivity contribution < 1.29 is 9.53 Å². The molecule has 84 valence electrons. The number of fused-ring (bicyclic) bond motifs is 2. The quantitative estimate of drug-likeness (QED) is 0.514. The van der Waals surface area contributed by atoms with Crippen LogP contribution in [0.2, 0.25) is 0 Å². The van der Waals surface area contributed by atoms with Gasteiger partial charge in [-0.15, -0.1) is 0 Å². The van der Waals surface area contributed by atoms with Gasteiger partial charge in [-0.1, -0.05) is 25.8 Å². The minimum atomic E-state index is -0.240. The predicted molar refractivity (Wildman–Crippen MR) is 59.4 cm³/mol. The fourth-order valence-electron chi connectivity index (χ4n) is 3.13. The standard InChI is InChI=1S/C13H20O2/c1-2-12(14)15-13-8-5-3-4-6-11(10-13)7-9-13/h2,11H,1,3-10H2. The molecule has 0 aromatic heterocycles. The summed E-state index contributed by atoms with van der Waals surface area (Å²) in [5, 5.41) is 0. The second kappa shape index (κ2) is 4.38. The molecule has 2 aliphatic carbocycles. The molecule has 2 saturated carbocycles. The van der Waals surface area contributed by atoms with Crippen molar-refractivity contribution in [1.82, 2.24) is 0 Å². The van der Waals surface area contributed by atoms with Gasteiger partial charge in [0.15, 0.2) is 0 Å². The average Bonchev–Trinajstić information content (AvgIpc) is 2.61. The van der Waals surface area contributed by atoms with Crippen LogP contribution in [-0.2, 0) is 9.53 Å². The second-order valence-electron chi connectivity index (χ2n) is 5.02. The summed E-state index contributed by atoms with van der Waals surface area (Å²) in [6, 6.07) is 0. The number of esters is 1. The van der Waals surface area contributed by atoms with Crippen molar-refractivity contribution in [2.45, 2.75) is 57.0 Å². The molecule has 2 aliphatic rings. The fourth-order valence-corrected chi connectivity index (χ4v) is 3.13. The molecule has 0 radical (unpaired) electrons. The topological polar surface area (TPSA) is 26.3 Å². The van der Waals surface area contributed by atoms with E-state index in [1.165, 1.54) is 38.2 Å². The van der Waals surface area contributed by atoms with Crippen LogP contribution in [0.5, 0.6) is 0 Å². The van der Waals surface area contributed by atoms with E-state index in [2.05, 4.69) is 6.58 Å². The van der Waals surface area contributed by atoms with E-state index in [0.717, 1.165) is 25.2 Å². The Morgan fingerprint density at radius 1 is 1.27 bits per heavy atom. The number of rotatable bonds is 2. The van der Waals surface area contributed by atoms with Crippen LogP contribution < -0.4 is 0 Å². The molecule has 0 amide bonds. The minimum absolute atomic E-state index is 0.129. The van der Waals surface area contributed by atoms with Crippen molar-refractivity contribution in [3.63, 3.8) is 0 Å². The molecule has 2 bridgehead atoms. The van der Waals surface area contributed by atoms with Crippen molar-refractivity contribution in [2.75, 3.05) is 0 Å². The first-order chi connectivity index (χ1) is 7.24. The Morgan fingerprint density at radius 2 is 2.13 bits per heavy atom. The zero-order chi connectivity index (χ0) is 10.7. The maximum Gasteiger partial charge on any atom is 0.330 e. The smallest absolute Gasteiger partial charge is 0.330 e. The van der Waals surface area contributed by atoms with Gasteiger partial charge in [-0.3, -0.25) is 0 Å². The van der Waals surface area contributed by atoms with E-state index in [1.54, 1.807) is 0 Å².